The number of ether oxygens (including phenoxy) is 2. The molecule has 3 rings (SSSR count). The number of carbonyl (C=O) groups excluding carboxylic acids is 1. The van der Waals surface area contributed by atoms with Crippen LogP contribution >= 0.6 is 12.2 Å². The third kappa shape index (κ3) is 3.49. The zero-order valence-corrected chi connectivity index (χ0v) is 14.8. The van der Waals surface area contributed by atoms with Crippen molar-refractivity contribution in [2.75, 3.05) is 18.6 Å². The second-order valence-corrected chi connectivity index (χ2v) is 5.68. The van der Waals surface area contributed by atoms with E-state index >= 15 is 0 Å². The first-order chi connectivity index (χ1) is 12.1. The predicted octanol–water partition coefficient (Wildman–Crippen LogP) is 3.36. The van der Waals surface area contributed by atoms with E-state index in [-0.39, 0.29) is 5.91 Å². The normalized spacial score (nSPS) is 15.4. The summed E-state index contributed by atoms with van der Waals surface area (Å²) in [5, 5.41) is 3.32. The van der Waals surface area contributed by atoms with Crippen LogP contribution in [0.4, 0.5) is 5.69 Å². The van der Waals surface area contributed by atoms with Crippen molar-refractivity contribution >= 4 is 35.0 Å². The lowest BCUT2D eigenvalue weighted by Crippen LogP contribution is -2.30. The maximum absolute atomic E-state index is 12.8. The lowest BCUT2D eigenvalue weighted by Gasteiger charge is -2.14. The average Bonchev–Trinajstić information content (AvgIpc) is 2.90. The van der Waals surface area contributed by atoms with E-state index in [1.165, 1.54) is 4.90 Å². The number of methoxy groups -OCH3 is 1. The number of hydrogen-bond acceptors (Lipinski definition) is 4. The van der Waals surface area contributed by atoms with Gasteiger partial charge in [0.1, 0.15) is 17.2 Å². The van der Waals surface area contributed by atoms with E-state index in [4.69, 9.17) is 21.7 Å². The Hall–Kier alpha value is -2.86. The van der Waals surface area contributed by atoms with E-state index in [1.54, 1.807) is 37.5 Å². The molecule has 2 aromatic rings. The summed E-state index contributed by atoms with van der Waals surface area (Å²) in [5.74, 6) is 1.23. The highest BCUT2D eigenvalue weighted by molar-refractivity contribution is 7.80. The Kier molecular flexibility index (Phi) is 5.00. The molecule has 2 aromatic carbocycles. The zero-order valence-electron chi connectivity index (χ0n) is 14.0. The third-order valence-electron chi connectivity index (χ3n) is 3.73. The number of anilines is 1. The molecule has 0 spiro atoms. The lowest BCUT2D eigenvalue weighted by atomic mass is 10.1. The van der Waals surface area contributed by atoms with Crippen LogP contribution in [0.1, 0.15) is 12.5 Å². The highest BCUT2D eigenvalue weighted by Gasteiger charge is 2.32. The van der Waals surface area contributed by atoms with Crippen molar-refractivity contribution in [2.45, 2.75) is 6.92 Å². The highest BCUT2D eigenvalue weighted by atomic mass is 32.1. The summed E-state index contributed by atoms with van der Waals surface area (Å²) in [6.45, 7) is 2.47. The number of thiocarbonyl (C=S) groups is 1. The van der Waals surface area contributed by atoms with E-state index in [0.717, 1.165) is 17.1 Å². The summed E-state index contributed by atoms with van der Waals surface area (Å²) in [4.78, 5) is 14.2. The standard InChI is InChI=1S/C19H18N2O3S/c1-3-24-17-7-5-4-6-13(17)12-16-18(22)21(19(25)20-16)14-8-10-15(23-2)11-9-14/h4-12H,3H2,1-2H3,(H,20,25)/b16-12+. The Morgan fingerprint density at radius 2 is 1.88 bits per heavy atom. The van der Waals surface area contributed by atoms with Crippen molar-refractivity contribution in [3.8, 4) is 11.5 Å². The van der Waals surface area contributed by atoms with Gasteiger partial charge in [0.25, 0.3) is 5.91 Å². The Labute approximate surface area is 151 Å². The molecule has 6 heteroatoms. The van der Waals surface area contributed by atoms with Gasteiger partial charge in [-0.05, 0) is 55.5 Å². The van der Waals surface area contributed by atoms with E-state index in [0.29, 0.717) is 23.1 Å². The Balaban J connectivity index is 1.90. The molecular weight excluding hydrogens is 336 g/mol. The van der Waals surface area contributed by atoms with Crippen molar-refractivity contribution in [3.05, 3.63) is 59.8 Å². The van der Waals surface area contributed by atoms with Gasteiger partial charge in [-0.1, -0.05) is 18.2 Å². The van der Waals surface area contributed by atoms with Crippen molar-refractivity contribution in [3.63, 3.8) is 0 Å². The molecule has 0 aliphatic carbocycles. The van der Waals surface area contributed by atoms with Gasteiger partial charge in [0, 0.05) is 5.56 Å². The van der Waals surface area contributed by atoms with Crippen LogP contribution in [0.2, 0.25) is 0 Å². The second-order valence-electron chi connectivity index (χ2n) is 5.30. The first kappa shape index (κ1) is 17.0. The number of benzene rings is 2. The van der Waals surface area contributed by atoms with E-state index in [1.807, 2.05) is 31.2 Å². The third-order valence-corrected chi connectivity index (χ3v) is 4.01. The molecule has 1 heterocycles. The molecule has 1 aliphatic rings. The van der Waals surface area contributed by atoms with Gasteiger partial charge in [0.05, 0.1) is 19.4 Å². The molecular formula is C19H18N2O3S. The Morgan fingerprint density at radius 3 is 2.56 bits per heavy atom. The molecule has 5 nitrogen and oxygen atoms in total. The SMILES string of the molecule is CCOc1ccccc1/C=C1/NC(=S)N(c2ccc(OC)cc2)C1=O. The van der Waals surface area contributed by atoms with Gasteiger partial charge in [-0.3, -0.25) is 9.69 Å². The Morgan fingerprint density at radius 1 is 1.16 bits per heavy atom. The predicted molar refractivity (Wildman–Crippen MR) is 102 cm³/mol. The van der Waals surface area contributed by atoms with Gasteiger partial charge < -0.3 is 14.8 Å². The first-order valence-electron chi connectivity index (χ1n) is 7.87. The summed E-state index contributed by atoms with van der Waals surface area (Å²) >= 11 is 5.33. The number of para-hydroxylation sites is 1. The van der Waals surface area contributed by atoms with Crippen LogP contribution in [0.3, 0.4) is 0 Å². The van der Waals surface area contributed by atoms with E-state index < -0.39 is 0 Å². The number of nitrogens with zero attached hydrogens (tertiary/aromatic N) is 1. The maximum Gasteiger partial charge on any atom is 0.281 e. The van der Waals surface area contributed by atoms with Crippen molar-refractivity contribution in [2.24, 2.45) is 0 Å². The fraction of sp³-hybridized carbons (Fsp3) is 0.158. The first-order valence-corrected chi connectivity index (χ1v) is 8.28. The number of hydrogen-bond donors (Lipinski definition) is 1. The summed E-state index contributed by atoms with van der Waals surface area (Å²) in [7, 11) is 1.60. The molecule has 1 aliphatic heterocycles. The topological polar surface area (TPSA) is 50.8 Å². The average molecular weight is 354 g/mol. The Bertz CT molecular complexity index is 831. The molecule has 0 radical (unpaired) electrons. The van der Waals surface area contributed by atoms with Gasteiger partial charge in [0.15, 0.2) is 5.11 Å². The second kappa shape index (κ2) is 7.36. The smallest absolute Gasteiger partial charge is 0.281 e. The molecule has 0 bridgehead atoms. The fourth-order valence-corrected chi connectivity index (χ4v) is 2.84. The van der Waals surface area contributed by atoms with Crippen LogP contribution in [0.15, 0.2) is 54.2 Å². The highest BCUT2D eigenvalue weighted by Crippen LogP contribution is 2.26. The molecule has 1 fully saturated rings. The number of rotatable bonds is 5. The molecule has 0 unspecified atom stereocenters. The van der Waals surface area contributed by atoms with Crippen LogP contribution in [0.25, 0.3) is 6.08 Å². The van der Waals surface area contributed by atoms with Gasteiger partial charge >= 0.3 is 0 Å². The summed E-state index contributed by atoms with van der Waals surface area (Å²) in [6.07, 6.45) is 1.75. The fourth-order valence-electron chi connectivity index (χ4n) is 2.54. The molecule has 128 valence electrons. The molecule has 0 saturated carbocycles. The van der Waals surface area contributed by atoms with Crippen LogP contribution in [-0.2, 0) is 4.79 Å². The summed E-state index contributed by atoms with van der Waals surface area (Å²) in [5.41, 5.74) is 1.91. The molecule has 1 saturated heterocycles. The molecule has 25 heavy (non-hydrogen) atoms. The molecule has 0 atom stereocenters. The molecule has 1 N–H and O–H groups in total. The van der Waals surface area contributed by atoms with Crippen molar-refractivity contribution in [1.82, 2.24) is 5.32 Å². The van der Waals surface area contributed by atoms with Crippen LogP contribution in [0, 0.1) is 0 Å². The number of amides is 1. The largest absolute Gasteiger partial charge is 0.497 e. The van der Waals surface area contributed by atoms with Gasteiger partial charge in [-0.2, -0.15) is 0 Å². The maximum atomic E-state index is 12.8. The van der Waals surface area contributed by atoms with Gasteiger partial charge in [-0.15, -0.1) is 0 Å². The molecule has 0 aromatic heterocycles. The minimum Gasteiger partial charge on any atom is -0.497 e. The summed E-state index contributed by atoms with van der Waals surface area (Å²) in [6, 6.07) is 14.7. The van der Waals surface area contributed by atoms with Gasteiger partial charge in [0.2, 0.25) is 0 Å². The minimum absolute atomic E-state index is 0.207. The zero-order chi connectivity index (χ0) is 17.8. The summed E-state index contributed by atoms with van der Waals surface area (Å²) < 4.78 is 10.7. The number of nitrogens with one attached hydrogen (secondary N) is 1. The lowest BCUT2D eigenvalue weighted by molar-refractivity contribution is -0.113. The van der Waals surface area contributed by atoms with Crippen LogP contribution in [0.5, 0.6) is 11.5 Å². The van der Waals surface area contributed by atoms with Crippen molar-refractivity contribution in [1.29, 1.82) is 0 Å². The molecule has 1 amide bonds. The van der Waals surface area contributed by atoms with Crippen molar-refractivity contribution < 1.29 is 14.3 Å². The quantitative estimate of drug-likeness (QED) is 0.659. The minimum atomic E-state index is -0.207. The van der Waals surface area contributed by atoms with E-state index in [2.05, 4.69) is 5.32 Å². The van der Waals surface area contributed by atoms with E-state index in [9.17, 15) is 4.79 Å². The monoisotopic (exact) mass is 354 g/mol. The van der Waals surface area contributed by atoms with Crippen LogP contribution < -0.4 is 19.7 Å². The number of carbonyl (C=O) groups is 1. The van der Waals surface area contributed by atoms with Crippen LogP contribution in [-0.4, -0.2) is 24.7 Å². The van der Waals surface area contributed by atoms with Gasteiger partial charge in [-0.25, -0.2) is 0 Å².